The molecule has 0 aromatic carbocycles. The fraction of sp³-hybridized carbons (Fsp3) is 0.923. The van der Waals surface area contributed by atoms with Gasteiger partial charge < -0.3 is 4.74 Å². The minimum absolute atomic E-state index is 0. The van der Waals surface area contributed by atoms with E-state index in [0.29, 0.717) is 12.3 Å². The van der Waals surface area contributed by atoms with Crippen LogP contribution in [0, 0.1) is 5.92 Å². The highest BCUT2D eigenvalue weighted by molar-refractivity contribution is 5.75. The maximum atomic E-state index is 10.7. The molecule has 0 aliphatic heterocycles. The predicted octanol–water partition coefficient (Wildman–Crippen LogP) is 4.05. The largest absolute Gasteiger partial charge is 0.469 e. The third-order valence-electron chi connectivity index (χ3n) is 2.14. The molecule has 97 valence electrons. The lowest BCUT2D eigenvalue weighted by Gasteiger charge is -2.09. The van der Waals surface area contributed by atoms with Crippen LogP contribution in [0.4, 0.5) is 0 Å². The van der Waals surface area contributed by atoms with Gasteiger partial charge in [-0.15, -0.1) is 0 Å². The van der Waals surface area contributed by atoms with Crippen molar-refractivity contribution in [2.45, 2.75) is 67.2 Å². The monoisotopic (exact) mass is 229 g/mol. The maximum absolute atomic E-state index is 10.7. The SMILES string of the molecule is CC.CC.CCC(CC)CCC(=O)OC.[B]. The van der Waals surface area contributed by atoms with Crippen molar-refractivity contribution in [2.75, 3.05) is 7.11 Å². The summed E-state index contributed by atoms with van der Waals surface area (Å²) in [6.07, 6.45) is 3.86. The molecule has 0 N–H and O–H groups in total. The number of carbonyl (C=O) groups excluding carboxylic acids is 1. The van der Waals surface area contributed by atoms with Crippen LogP contribution < -0.4 is 0 Å². The van der Waals surface area contributed by atoms with Gasteiger partial charge in [0.05, 0.1) is 7.11 Å². The lowest BCUT2D eigenvalue weighted by Crippen LogP contribution is -2.04. The molecular weight excluding hydrogens is 199 g/mol. The number of hydrogen-bond donors (Lipinski definition) is 0. The zero-order valence-electron chi connectivity index (χ0n) is 12.3. The maximum Gasteiger partial charge on any atom is 0.305 e. The fourth-order valence-electron chi connectivity index (χ4n) is 1.12. The van der Waals surface area contributed by atoms with E-state index in [4.69, 9.17) is 0 Å². The number of carbonyl (C=O) groups is 1. The number of esters is 1. The average Bonchev–Trinajstić information content (AvgIpc) is 2.35. The molecule has 0 amide bonds. The average molecular weight is 229 g/mol. The molecule has 0 aliphatic carbocycles. The van der Waals surface area contributed by atoms with Crippen LogP contribution in [-0.2, 0) is 9.53 Å². The van der Waals surface area contributed by atoms with Gasteiger partial charge >= 0.3 is 5.97 Å². The Morgan fingerprint density at radius 3 is 1.69 bits per heavy atom. The fourth-order valence-corrected chi connectivity index (χ4v) is 1.12. The third kappa shape index (κ3) is 19.2. The van der Waals surface area contributed by atoms with E-state index < -0.39 is 0 Å². The van der Waals surface area contributed by atoms with Crippen molar-refractivity contribution in [1.29, 1.82) is 0 Å². The standard InChI is InChI=1S/C9H18O2.2C2H6.B/c1-4-8(5-2)6-7-9(10)11-3;2*1-2;/h8H,4-7H2,1-3H3;2*1-2H3;. The summed E-state index contributed by atoms with van der Waals surface area (Å²) < 4.78 is 4.55. The Bertz CT molecular complexity index is 113. The summed E-state index contributed by atoms with van der Waals surface area (Å²) in [5, 5.41) is 0. The van der Waals surface area contributed by atoms with Crippen LogP contribution in [0.3, 0.4) is 0 Å². The van der Waals surface area contributed by atoms with Gasteiger partial charge in [-0.05, 0) is 12.3 Å². The molecule has 0 heterocycles. The van der Waals surface area contributed by atoms with Gasteiger partial charge in [-0.25, -0.2) is 0 Å². The lowest BCUT2D eigenvalue weighted by atomic mass is 9.98. The topological polar surface area (TPSA) is 26.3 Å². The smallest absolute Gasteiger partial charge is 0.305 e. The zero-order chi connectivity index (χ0) is 12.7. The van der Waals surface area contributed by atoms with E-state index in [1.807, 2.05) is 27.7 Å². The highest BCUT2D eigenvalue weighted by atomic mass is 16.5. The first kappa shape index (κ1) is 24.7. The predicted molar refractivity (Wildman–Crippen MR) is 73.8 cm³/mol. The number of methoxy groups -OCH3 is 1. The molecule has 0 bridgehead atoms. The van der Waals surface area contributed by atoms with E-state index >= 15 is 0 Å². The summed E-state index contributed by atoms with van der Waals surface area (Å²) in [6.45, 7) is 12.3. The number of ether oxygens (including phenoxy) is 1. The van der Waals surface area contributed by atoms with Crippen molar-refractivity contribution in [1.82, 2.24) is 0 Å². The number of rotatable bonds is 5. The Labute approximate surface area is 105 Å². The van der Waals surface area contributed by atoms with Crippen molar-refractivity contribution >= 4 is 14.4 Å². The molecule has 3 radical (unpaired) electrons. The lowest BCUT2D eigenvalue weighted by molar-refractivity contribution is -0.140. The van der Waals surface area contributed by atoms with Gasteiger partial charge in [-0.3, -0.25) is 4.79 Å². The van der Waals surface area contributed by atoms with Gasteiger partial charge in [0, 0.05) is 14.8 Å². The van der Waals surface area contributed by atoms with Crippen molar-refractivity contribution in [3.63, 3.8) is 0 Å². The van der Waals surface area contributed by atoms with E-state index in [9.17, 15) is 4.79 Å². The van der Waals surface area contributed by atoms with Gasteiger partial charge in [0.2, 0.25) is 0 Å². The second-order valence-electron chi connectivity index (χ2n) is 2.80. The highest BCUT2D eigenvalue weighted by Crippen LogP contribution is 2.14. The van der Waals surface area contributed by atoms with Gasteiger partial charge in [0.15, 0.2) is 0 Å². The molecule has 0 spiro atoms. The molecule has 3 heteroatoms. The molecule has 0 fully saturated rings. The second kappa shape index (κ2) is 24.0. The van der Waals surface area contributed by atoms with E-state index in [1.54, 1.807) is 0 Å². The minimum atomic E-state index is -0.0862. The second-order valence-corrected chi connectivity index (χ2v) is 2.80. The highest BCUT2D eigenvalue weighted by Gasteiger charge is 2.06. The van der Waals surface area contributed by atoms with Gasteiger partial charge in [-0.1, -0.05) is 54.4 Å². The van der Waals surface area contributed by atoms with Crippen molar-refractivity contribution in [3.8, 4) is 0 Å². The normalized spacial score (nSPS) is 7.75. The summed E-state index contributed by atoms with van der Waals surface area (Å²) in [6, 6.07) is 0. The van der Waals surface area contributed by atoms with Gasteiger partial charge in [-0.2, -0.15) is 0 Å². The van der Waals surface area contributed by atoms with Gasteiger partial charge in [0.25, 0.3) is 0 Å². The summed E-state index contributed by atoms with van der Waals surface area (Å²) >= 11 is 0. The van der Waals surface area contributed by atoms with E-state index in [-0.39, 0.29) is 14.4 Å². The molecule has 2 nitrogen and oxygen atoms in total. The number of hydrogen-bond acceptors (Lipinski definition) is 2. The molecule has 0 unspecified atom stereocenters. The van der Waals surface area contributed by atoms with Crippen LogP contribution >= 0.6 is 0 Å². The molecule has 0 atom stereocenters. The Kier molecular flexibility index (Phi) is 37.0. The molecule has 0 aliphatic rings. The Morgan fingerprint density at radius 2 is 1.44 bits per heavy atom. The zero-order valence-corrected chi connectivity index (χ0v) is 12.3. The minimum Gasteiger partial charge on any atom is -0.469 e. The third-order valence-corrected chi connectivity index (χ3v) is 2.14. The quantitative estimate of drug-likeness (QED) is 0.525. The molecule has 0 aromatic rings. The molecule has 0 aromatic heterocycles. The van der Waals surface area contributed by atoms with Crippen LogP contribution in [0.25, 0.3) is 0 Å². The summed E-state index contributed by atoms with van der Waals surface area (Å²) in [4.78, 5) is 10.7. The van der Waals surface area contributed by atoms with Crippen LogP contribution in [0.1, 0.15) is 67.2 Å². The Morgan fingerprint density at radius 1 is 1.06 bits per heavy atom. The Hall–Kier alpha value is -0.465. The van der Waals surface area contributed by atoms with Crippen molar-refractivity contribution in [3.05, 3.63) is 0 Å². The summed E-state index contributed by atoms with van der Waals surface area (Å²) in [7, 11) is 1.44. The van der Waals surface area contributed by atoms with Crippen LogP contribution in [0.5, 0.6) is 0 Å². The first-order valence-corrected chi connectivity index (χ1v) is 6.31. The molecule has 16 heavy (non-hydrogen) atoms. The molecule has 0 saturated heterocycles. The first-order chi connectivity index (χ1) is 7.24. The molecule has 0 saturated carbocycles. The Balaban J connectivity index is -0.000000129. The van der Waals surface area contributed by atoms with E-state index in [0.717, 1.165) is 19.3 Å². The summed E-state index contributed by atoms with van der Waals surface area (Å²) in [5.74, 6) is 0.603. The molecular formula is C13H30BO2. The summed E-state index contributed by atoms with van der Waals surface area (Å²) in [5.41, 5.74) is 0. The molecule has 0 rings (SSSR count). The van der Waals surface area contributed by atoms with Crippen LogP contribution in [0.2, 0.25) is 0 Å². The van der Waals surface area contributed by atoms with Gasteiger partial charge in [0.1, 0.15) is 0 Å². The van der Waals surface area contributed by atoms with Crippen LogP contribution in [-0.4, -0.2) is 21.5 Å². The van der Waals surface area contributed by atoms with Crippen molar-refractivity contribution < 1.29 is 9.53 Å². The van der Waals surface area contributed by atoms with E-state index in [1.165, 1.54) is 7.11 Å². The first-order valence-electron chi connectivity index (χ1n) is 6.31. The van der Waals surface area contributed by atoms with E-state index in [2.05, 4.69) is 18.6 Å². The van der Waals surface area contributed by atoms with Crippen molar-refractivity contribution in [2.24, 2.45) is 5.92 Å². The van der Waals surface area contributed by atoms with Crippen LogP contribution in [0.15, 0.2) is 0 Å².